The zero-order valence-corrected chi connectivity index (χ0v) is 19.8. The summed E-state index contributed by atoms with van der Waals surface area (Å²) in [5.74, 6) is 1.08. The number of morpholine rings is 1. The van der Waals surface area contributed by atoms with E-state index in [1.165, 1.54) is 4.31 Å². The van der Waals surface area contributed by atoms with Gasteiger partial charge in [-0.25, -0.2) is 13.4 Å². The lowest BCUT2D eigenvalue weighted by Gasteiger charge is -2.32. The molecule has 1 aliphatic heterocycles. The van der Waals surface area contributed by atoms with Crippen molar-refractivity contribution in [1.29, 1.82) is 0 Å². The molecule has 1 unspecified atom stereocenters. The molecule has 0 amide bonds. The molecule has 2 aromatic heterocycles. The first-order chi connectivity index (χ1) is 14.5. The summed E-state index contributed by atoms with van der Waals surface area (Å²) in [4.78, 5) is 6.48. The Kier molecular flexibility index (Phi) is 6.99. The van der Waals surface area contributed by atoms with Crippen molar-refractivity contribution in [3.05, 3.63) is 29.6 Å². The van der Waals surface area contributed by atoms with E-state index in [2.05, 4.69) is 15.2 Å². The lowest BCUT2D eigenvalue weighted by molar-refractivity contribution is -0.0176. The fourth-order valence-corrected chi connectivity index (χ4v) is 4.77. The summed E-state index contributed by atoms with van der Waals surface area (Å²) < 4.78 is 45.4. The van der Waals surface area contributed by atoms with Crippen LogP contribution in [-0.4, -0.2) is 73.4 Å². The van der Waals surface area contributed by atoms with E-state index in [1.54, 1.807) is 19.1 Å². The fourth-order valence-electron chi connectivity index (χ4n) is 3.17. The summed E-state index contributed by atoms with van der Waals surface area (Å²) in [5.41, 5.74) is 0.463. The van der Waals surface area contributed by atoms with E-state index in [4.69, 9.17) is 13.9 Å². The number of pyridine rings is 1. The Labute approximate surface area is 183 Å². The Hall–Kier alpha value is -2.08. The van der Waals surface area contributed by atoms with E-state index < -0.39 is 16.1 Å². The minimum absolute atomic E-state index is 0.0914. The molecular formula is C20H31N5O5S. The number of anilines is 1. The van der Waals surface area contributed by atoms with Crippen LogP contribution in [0.25, 0.3) is 0 Å². The van der Waals surface area contributed by atoms with Gasteiger partial charge in [0.1, 0.15) is 16.8 Å². The van der Waals surface area contributed by atoms with Crippen molar-refractivity contribution in [2.75, 3.05) is 44.8 Å². The molecule has 0 bridgehead atoms. The van der Waals surface area contributed by atoms with Crippen LogP contribution in [0.15, 0.2) is 21.4 Å². The maximum absolute atomic E-state index is 13.5. The molecular weight excluding hydrogens is 422 g/mol. The van der Waals surface area contributed by atoms with Crippen molar-refractivity contribution in [1.82, 2.24) is 19.5 Å². The van der Waals surface area contributed by atoms with Crippen LogP contribution in [0, 0.1) is 13.8 Å². The minimum atomic E-state index is -3.82. The van der Waals surface area contributed by atoms with Crippen LogP contribution >= 0.6 is 0 Å². The standard InChI is InChI=1S/C20H31N5O5S/c1-14-7-8-17(18(21-14)24(6)9-12-29-20(3,4)5)31(26,27)25-10-11-28-16(13-25)19-23-22-15(2)30-19/h7-8,16H,9-13H2,1-6H3. The van der Waals surface area contributed by atoms with Gasteiger partial charge >= 0.3 is 0 Å². The van der Waals surface area contributed by atoms with Gasteiger partial charge < -0.3 is 18.8 Å². The van der Waals surface area contributed by atoms with Gasteiger partial charge in [0.05, 0.1) is 18.8 Å². The molecule has 1 saturated heterocycles. The Morgan fingerprint density at radius 2 is 2.00 bits per heavy atom. The monoisotopic (exact) mass is 453 g/mol. The Morgan fingerprint density at radius 1 is 1.26 bits per heavy atom. The van der Waals surface area contributed by atoms with Crippen molar-refractivity contribution < 1.29 is 22.3 Å². The first-order valence-electron chi connectivity index (χ1n) is 10.2. The van der Waals surface area contributed by atoms with Crippen LogP contribution < -0.4 is 4.90 Å². The van der Waals surface area contributed by atoms with E-state index in [0.717, 1.165) is 5.69 Å². The molecule has 0 aliphatic carbocycles. The number of nitrogens with zero attached hydrogens (tertiary/aromatic N) is 5. The second kappa shape index (κ2) is 9.19. The molecule has 0 radical (unpaired) electrons. The fraction of sp³-hybridized carbons (Fsp3) is 0.650. The molecule has 2 aromatic rings. The number of rotatable bonds is 7. The molecule has 10 nitrogen and oxygen atoms in total. The molecule has 0 N–H and O–H groups in total. The third-order valence-electron chi connectivity index (χ3n) is 4.77. The maximum atomic E-state index is 13.5. The number of ether oxygens (including phenoxy) is 2. The summed E-state index contributed by atoms with van der Waals surface area (Å²) in [5, 5.41) is 7.78. The normalized spacial score (nSPS) is 18.3. The Balaban J connectivity index is 1.83. The first-order valence-corrected chi connectivity index (χ1v) is 11.7. The Morgan fingerprint density at radius 3 is 2.65 bits per heavy atom. The predicted molar refractivity (Wildman–Crippen MR) is 114 cm³/mol. The lowest BCUT2D eigenvalue weighted by Crippen LogP contribution is -2.43. The summed E-state index contributed by atoms with van der Waals surface area (Å²) in [6.07, 6.45) is -0.607. The van der Waals surface area contributed by atoms with Gasteiger partial charge in [-0.2, -0.15) is 4.31 Å². The average Bonchev–Trinajstić information content (AvgIpc) is 3.13. The first kappa shape index (κ1) is 23.6. The second-order valence-electron chi connectivity index (χ2n) is 8.54. The van der Waals surface area contributed by atoms with Crippen LogP contribution in [0.4, 0.5) is 5.82 Å². The van der Waals surface area contributed by atoms with Crippen molar-refractivity contribution in [2.24, 2.45) is 0 Å². The number of hydrogen-bond acceptors (Lipinski definition) is 9. The molecule has 172 valence electrons. The Bertz CT molecular complexity index is 1000. The van der Waals surface area contributed by atoms with E-state index in [-0.39, 0.29) is 36.1 Å². The summed E-state index contributed by atoms with van der Waals surface area (Å²) >= 11 is 0. The topological polar surface area (TPSA) is 111 Å². The van der Waals surface area contributed by atoms with Gasteiger partial charge in [0, 0.05) is 39.3 Å². The van der Waals surface area contributed by atoms with E-state index in [9.17, 15) is 8.42 Å². The van der Waals surface area contributed by atoms with Crippen LogP contribution in [0.5, 0.6) is 0 Å². The van der Waals surface area contributed by atoms with E-state index in [0.29, 0.717) is 24.9 Å². The number of aryl methyl sites for hydroxylation is 2. The van der Waals surface area contributed by atoms with Crippen LogP contribution in [0.1, 0.15) is 44.4 Å². The second-order valence-corrected chi connectivity index (χ2v) is 10.4. The summed E-state index contributed by atoms with van der Waals surface area (Å²) in [6.45, 7) is 11.0. The van der Waals surface area contributed by atoms with Gasteiger partial charge in [0.2, 0.25) is 21.8 Å². The molecule has 3 rings (SSSR count). The zero-order chi connectivity index (χ0) is 22.8. The van der Waals surface area contributed by atoms with Crippen molar-refractivity contribution in [3.8, 4) is 0 Å². The highest BCUT2D eigenvalue weighted by Gasteiger charge is 2.36. The van der Waals surface area contributed by atoms with Crippen LogP contribution in [-0.2, 0) is 19.5 Å². The van der Waals surface area contributed by atoms with E-state index >= 15 is 0 Å². The SMILES string of the molecule is Cc1ccc(S(=O)(=O)N2CCOC(c3nnc(C)o3)C2)c(N(C)CCOC(C)(C)C)n1. The molecule has 1 fully saturated rings. The molecule has 1 atom stereocenters. The third kappa shape index (κ3) is 5.79. The minimum Gasteiger partial charge on any atom is -0.423 e. The summed E-state index contributed by atoms with van der Waals surface area (Å²) in [6, 6.07) is 3.31. The molecule has 31 heavy (non-hydrogen) atoms. The van der Waals surface area contributed by atoms with Gasteiger partial charge in [-0.15, -0.1) is 10.2 Å². The van der Waals surface area contributed by atoms with Crippen LogP contribution in [0.3, 0.4) is 0 Å². The molecule has 3 heterocycles. The van der Waals surface area contributed by atoms with Gasteiger partial charge in [0.25, 0.3) is 0 Å². The lowest BCUT2D eigenvalue weighted by atomic mass is 10.2. The maximum Gasteiger partial charge on any atom is 0.246 e. The van der Waals surface area contributed by atoms with Gasteiger partial charge in [-0.1, -0.05) is 0 Å². The highest BCUT2D eigenvalue weighted by atomic mass is 32.2. The van der Waals surface area contributed by atoms with Gasteiger partial charge in [-0.3, -0.25) is 0 Å². The van der Waals surface area contributed by atoms with Gasteiger partial charge in [-0.05, 0) is 39.8 Å². The molecule has 0 spiro atoms. The number of likely N-dealkylation sites (N-methyl/N-ethyl adjacent to an activating group) is 1. The van der Waals surface area contributed by atoms with Crippen LogP contribution in [0.2, 0.25) is 0 Å². The number of sulfonamides is 1. The quantitative estimate of drug-likeness (QED) is 0.622. The van der Waals surface area contributed by atoms with Crippen molar-refractivity contribution in [3.63, 3.8) is 0 Å². The largest absolute Gasteiger partial charge is 0.423 e. The molecule has 0 saturated carbocycles. The molecule has 11 heteroatoms. The van der Waals surface area contributed by atoms with E-state index in [1.807, 2.05) is 39.6 Å². The highest BCUT2D eigenvalue weighted by molar-refractivity contribution is 7.89. The average molecular weight is 454 g/mol. The molecule has 0 aromatic carbocycles. The zero-order valence-electron chi connectivity index (χ0n) is 19.0. The van der Waals surface area contributed by atoms with Gasteiger partial charge in [0.15, 0.2) is 0 Å². The predicted octanol–water partition coefficient (Wildman–Crippen LogP) is 2.09. The van der Waals surface area contributed by atoms with Crippen molar-refractivity contribution in [2.45, 2.75) is 51.2 Å². The molecule has 1 aliphatic rings. The number of aromatic nitrogens is 3. The smallest absolute Gasteiger partial charge is 0.246 e. The third-order valence-corrected chi connectivity index (χ3v) is 6.65. The highest BCUT2D eigenvalue weighted by Crippen LogP contribution is 2.30. The summed E-state index contributed by atoms with van der Waals surface area (Å²) in [7, 11) is -2.01. The number of hydrogen-bond donors (Lipinski definition) is 0. The van der Waals surface area contributed by atoms with Crippen molar-refractivity contribution >= 4 is 15.8 Å².